The minimum Gasteiger partial charge on any atom is -0.324 e. The molecule has 0 fully saturated rings. The van der Waals surface area contributed by atoms with Gasteiger partial charge in [-0.15, -0.1) is 0 Å². The molecular weight excluding hydrogens is 324 g/mol. The molecule has 0 aliphatic heterocycles. The highest BCUT2D eigenvalue weighted by Crippen LogP contribution is 2.20. The van der Waals surface area contributed by atoms with Crippen LogP contribution in [0.4, 0.5) is 0 Å². The third-order valence-corrected chi connectivity index (χ3v) is 5.53. The van der Waals surface area contributed by atoms with Gasteiger partial charge >= 0.3 is 0 Å². The molecule has 2 heterocycles. The maximum atomic E-state index is 12.5. The third-order valence-electron chi connectivity index (χ3n) is 3.89. The monoisotopic (exact) mass is 344 g/mol. The first-order valence-corrected chi connectivity index (χ1v) is 9.11. The van der Waals surface area contributed by atoms with E-state index in [1.165, 1.54) is 10.9 Å². The van der Waals surface area contributed by atoms with Crippen molar-refractivity contribution >= 4 is 10.0 Å². The molecule has 1 N–H and O–H groups in total. The summed E-state index contributed by atoms with van der Waals surface area (Å²) >= 11 is 0. The molecule has 6 nitrogen and oxygen atoms in total. The summed E-state index contributed by atoms with van der Waals surface area (Å²) < 4.78 is 31.3. The van der Waals surface area contributed by atoms with Gasteiger partial charge in [-0.25, -0.2) is 13.1 Å². The molecule has 3 rings (SSSR count). The Morgan fingerprint density at radius 1 is 1.12 bits per heavy atom. The Bertz CT molecular complexity index is 926. The van der Waals surface area contributed by atoms with E-state index in [1.807, 2.05) is 60.3 Å². The van der Waals surface area contributed by atoms with Gasteiger partial charge in [0.1, 0.15) is 4.90 Å². The molecule has 7 heteroatoms. The first-order valence-electron chi connectivity index (χ1n) is 7.63. The van der Waals surface area contributed by atoms with Gasteiger partial charge in [0.05, 0.1) is 5.69 Å². The molecule has 126 valence electrons. The van der Waals surface area contributed by atoms with E-state index in [2.05, 4.69) is 9.82 Å². The van der Waals surface area contributed by atoms with Gasteiger partial charge in [-0.3, -0.25) is 4.68 Å². The van der Waals surface area contributed by atoms with Crippen LogP contribution in [0.1, 0.15) is 24.2 Å². The van der Waals surface area contributed by atoms with Gasteiger partial charge in [0.2, 0.25) is 10.0 Å². The number of benzene rings is 1. The molecule has 3 aromatic rings. The number of aromatic nitrogens is 3. The summed E-state index contributed by atoms with van der Waals surface area (Å²) in [6.45, 7) is 3.51. The van der Waals surface area contributed by atoms with Crippen LogP contribution in [-0.2, 0) is 17.1 Å². The largest absolute Gasteiger partial charge is 0.324 e. The van der Waals surface area contributed by atoms with E-state index in [1.54, 1.807) is 14.0 Å². The van der Waals surface area contributed by atoms with Crippen molar-refractivity contribution in [3.05, 3.63) is 66.2 Å². The van der Waals surface area contributed by atoms with Gasteiger partial charge < -0.3 is 4.57 Å². The minimum absolute atomic E-state index is 0.209. The number of rotatable bonds is 5. The number of nitrogens with zero attached hydrogens (tertiary/aromatic N) is 3. The van der Waals surface area contributed by atoms with Crippen LogP contribution in [0.25, 0.3) is 5.69 Å². The zero-order chi connectivity index (χ0) is 17.3. The molecule has 0 spiro atoms. The van der Waals surface area contributed by atoms with Crippen LogP contribution in [0.15, 0.2) is 59.9 Å². The Labute approximate surface area is 141 Å². The third kappa shape index (κ3) is 3.27. The molecule has 0 saturated carbocycles. The molecule has 24 heavy (non-hydrogen) atoms. The quantitative estimate of drug-likeness (QED) is 0.773. The first-order chi connectivity index (χ1) is 11.4. The summed E-state index contributed by atoms with van der Waals surface area (Å²) in [5.74, 6) is 0. The van der Waals surface area contributed by atoms with Crippen molar-refractivity contribution in [3.63, 3.8) is 0 Å². The van der Waals surface area contributed by atoms with Crippen molar-refractivity contribution < 1.29 is 8.42 Å². The first kappa shape index (κ1) is 16.5. The second-order valence-electron chi connectivity index (χ2n) is 5.78. The lowest BCUT2D eigenvalue weighted by Crippen LogP contribution is -2.27. The van der Waals surface area contributed by atoms with Crippen molar-refractivity contribution in [2.45, 2.75) is 24.8 Å². The van der Waals surface area contributed by atoms with Gasteiger partial charge in [-0.2, -0.15) is 5.10 Å². The van der Waals surface area contributed by atoms with E-state index in [0.717, 1.165) is 11.3 Å². The van der Waals surface area contributed by atoms with Gasteiger partial charge in [0.15, 0.2) is 0 Å². The molecule has 0 saturated heterocycles. The topological polar surface area (TPSA) is 68.9 Å². The van der Waals surface area contributed by atoms with Crippen LogP contribution in [0.2, 0.25) is 0 Å². The predicted octanol–water partition coefficient (Wildman–Crippen LogP) is 2.56. The van der Waals surface area contributed by atoms with Gasteiger partial charge in [0.25, 0.3) is 0 Å². The highest BCUT2D eigenvalue weighted by atomic mass is 32.2. The lowest BCUT2D eigenvalue weighted by Gasteiger charge is -2.15. The number of hydrogen-bond donors (Lipinski definition) is 1. The van der Waals surface area contributed by atoms with E-state index in [0.29, 0.717) is 5.69 Å². The molecule has 0 amide bonds. The van der Waals surface area contributed by atoms with Crippen LogP contribution in [0.5, 0.6) is 0 Å². The molecule has 0 aliphatic rings. The Balaban J connectivity index is 1.79. The summed E-state index contributed by atoms with van der Waals surface area (Å²) in [6.07, 6.45) is 5.44. The summed E-state index contributed by atoms with van der Waals surface area (Å²) in [4.78, 5) is 0.209. The van der Waals surface area contributed by atoms with Crippen LogP contribution in [-0.4, -0.2) is 22.8 Å². The van der Waals surface area contributed by atoms with E-state index in [9.17, 15) is 8.42 Å². The smallest absolute Gasteiger partial charge is 0.244 e. The molecule has 0 bridgehead atoms. The van der Waals surface area contributed by atoms with Crippen LogP contribution < -0.4 is 4.72 Å². The van der Waals surface area contributed by atoms with Crippen molar-refractivity contribution in [2.24, 2.45) is 7.05 Å². The molecule has 2 aromatic heterocycles. The van der Waals surface area contributed by atoms with Gasteiger partial charge in [-0.1, -0.05) is 12.1 Å². The molecule has 0 radical (unpaired) electrons. The van der Waals surface area contributed by atoms with Crippen LogP contribution in [0, 0.1) is 6.92 Å². The van der Waals surface area contributed by atoms with Crippen LogP contribution in [0.3, 0.4) is 0 Å². The van der Waals surface area contributed by atoms with Crippen molar-refractivity contribution in [2.75, 3.05) is 0 Å². The van der Waals surface area contributed by atoms with Gasteiger partial charge in [-0.05, 0) is 43.7 Å². The Hall–Kier alpha value is -2.38. The summed E-state index contributed by atoms with van der Waals surface area (Å²) in [5, 5.41) is 4.09. The lowest BCUT2D eigenvalue weighted by atomic mass is 10.1. The zero-order valence-electron chi connectivity index (χ0n) is 13.8. The highest BCUT2D eigenvalue weighted by molar-refractivity contribution is 7.89. The van der Waals surface area contributed by atoms with E-state index >= 15 is 0 Å². The molecule has 1 atom stereocenters. The second kappa shape index (κ2) is 6.26. The minimum atomic E-state index is -3.61. The average molecular weight is 344 g/mol. The molecule has 1 unspecified atom stereocenters. The fraction of sp³-hybridized carbons (Fsp3) is 0.235. The maximum Gasteiger partial charge on any atom is 0.244 e. The van der Waals surface area contributed by atoms with E-state index in [4.69, 9.17) is 0 Å². The highest BCUT2D eigenvalue weighted by Gasteiger charge is 2.22. The Kier molecular flexibility index (Phi) is 4.29. The van der Waals surface area contributed by atoms with E-state index < -0.39 is 10.0 Å². The molecule has 0 aliphatic carbocycles. The lowest BCUT2D eigenvalue weighted by molar-refractivity contribution is 0.566. The molecular formula is C17H20N4O2S. The Morgan fingerprint density at radius 2 is 1.75 bits per heavy atom. The Morgan fingerprint density at radius 3 is 2.29 bits per heavy atom. The van der Waals surface area contributed by atoms with E-state index in [-0.39, 0.29) is 10.9 Å². The summed E-state index contributed by atoms with van der Waals surface area (Å²) in [5.41, 5.74) is 2.41. The SMILES string of the molecule is Cc1nn(C)cc1S(=O)(=O)NC(C)c1ccc(-n2cccc2)cc1. The number of hydrogen-bond acceptors (Lipinski definition) is 3. The average Bonchev–Trinajstić information content (AvgIpc) is 3.17. The van der Waals surface area contributed by atoms with Crippen molar-refractivity contribution in [1.29, 1.82) is 0 Å². The summed E-state index contributed by atoms with van der Waals surface area (Å²) in [7, 11) is -1.91. The fourth-order valence-electron chi connectivity index (χ4n) is 2.65. The zero-order valence-corrected chi connectivity index (χ0v) is 14.7. The van der Waals surface area contributed by atoms with Crippen molar-refractivity contribution in [1.82, 2.24) is 19.1 Å². The predicted molar refractivity (Wildman–Crippen MR) is 92.5 cm³/mol. The maximum absolute atomic E-state index is 12.5. The second-order valence-corrected chi connectivity index (χ2v) is 7.46. The molecule has 1 aromatic carbocycles. The standard InChI is InChI=1S/C17H20N4O2S/c1-13(19-24(22,23)17-12-20(3)18-14(17)2)15-6-8-16(9-7-15)21-10-4-5-11-21/h4-13,19H,1-3H3. The van der Waals surface area contributed by atoms with Gasteiger partial charge in [0, 0.05) is 37.4 Å². The van der Waals surface area contributed by atoms with Crippen LogP contribution >= 0.6 is 0 Å². The van der Waals surface area contributed by atoms with Crippen molar-refractivity contribution in [3.8, 4) is 5.69 Å². The number of nitrogens with one attached hydrogen (secondary N) is 1. The number of sulfonamides is 1. The fourth-order valence-corrected chi connectivity index (χ4v) is 4.10. The number of aryl methyl sites for hydroxylation is 2. The summed E-state index contributed by atoms with van der Waals surface area (Å²) in [6, 6.07) is 11.4. The normalized spacial score (nSPS) is 13.1.